The van der Waals surface area contributed by atoms with Gasteiger partial charge in [0.2, 0.25) is 0 Å². The average molecular weight is 260 g/mol. The molecule has 0 fully saturated rings. The molecule has 0 radical (unpaired) electrons. The first-order valence-corrected chi connectivity index (χ1v) is 6.43. The Morgan fingerprint density at radius 1 is 1.37 bits per heavy atom. The van der Waals surface area contributed by atoms with Crippen LogP contribution in [0.15, 0.2) is 30.7 Å². The van der Waals surface area contributed by atoms with Gasteiger partial charge >= 0.3 is 0 Å². The van der Waals surface area contributed by atoms with Crippen LogP contribution in [0.1, 0.15) is 19.2 Å². The second-order valence-corrected chi connectivity index (χ2v) is 4.55. The van der Waals surface area contributed by atoms with E-state index in [9.17, 15) is 0 Å². The lowest BCUT2D eigenvalue weighted by atomic mass is 10.2. The average Bonchev–Trinajstić information content (AvgIpc) is 2.83. The summed E-state index contributed by atoms with van der Waals surface area (Å²) in [5.41, 5.74) is 1.01. The van der Waals surface area contributed by atoms with Gasteiger partial charge in [-0.1, -0.05) is 0 Å². The molecule has 0 spiro atoms. The molecule has 5 heteroatoms. The van der Waals surface area contributed by atoms with Crippen molar-refractivity contribution in [1.29, 1.82) is 0 Å². The van der Waals surface area contributed by atoms with E-state index < -0.39 is 0 Å². The molecule has 0 saturated carbocycles. The molecule has 2 aromatic heterocycles. The Bertz CT molecular complexity index is 524. The number of pyridine rings is 1. The predicted octanol–water partition coefficient (Wildman–Crippen LogP) is 2.41. The van der Waals surface area contributed by atoms with Crippen molar-refractivity contribution in [1.82, 2.24) is 14.5 Å². The Hall–Kier alpha value is -1.88. The molecule has 19 heavy (non-hydrogen) atoms. The van der Waals surface area contributed by atoms with E-state index in [-0.39, 0.29) is 0 Å². The molecule has 102 valence electrons. The quantitative estimate of drug-likeness (QED) is 0.866. The van der Waals surface area contributed by atoms with Gasteiger partial charge in [-0.15, -0.1) is 0 Å². The summed E-state index contributed by atoms with van der Waals surface area (Å²) in [7, 11) is 1.72. The van der Waals surface area contributed by atoms with Crippen molar-refractivity contribution in [3.63, 3.8) is 0 Å². The van der Waals surface area contributed by atoms with Gasteiger partial charge in [0.05, 0.1) is 5.69 Å². The van der Waals surface area contributed by atoms with E-state index in [0.717, 1.165) is 30.4 Å². The minimum atomic E-state index is 0.326. The fourth-order valence-corrected chi connectivity index (χ4v) is 1.94. The van der Waals surface area contributed by atoms with Crippen LogP contribution < -0.4 is 5.32 Å². The van der Waals surface area contributed by atoms with E-state index in [1.54, 1.807) is 19.5 Å². The number of hydrogen-bond donors (Lipinski definition) is 1. The fourth-order valence-electron chi connectivity index (χ4n) is 1.94. The summed E-state index contributed by atoms with van der Waals surface area (Å²) in [5, 5.41) is 3.47. The number of hydrogen-bond acceptors (Lipinski definition) is 4. The highest BCUT2D eigenvalue weighted by Gasteiger charge is 2.10. The van der Waals surface area contributed by atoms with Crippen LogP contribution in [0.3, 0.4) is 0 Å². The topological polar surface area (TPSA) is 52.0 Å². The summed E-state index contributed by atoms with van der Waals surface area (Å²) >= 11 is 0. The molecular formula is C14H20N4O. The van der Waals surface area contributed by atoms with E-state index in [2.05, 4.69) is 22.2 Å². The molecule has 2 heterocycles. The zero-order chi connectivity index (χ0) is 13.7. The molecule has 0 saturated heterocycles. The first-order valence-electron chi connectivity index (χ1n) is 6.43. The largest absolute Gasteiger partial charge is 0.385 e. The van der Waals surface area contributed by atoms with Gasteiger partial charge in [0.15, 0.2) is 5.82 Å². The highest BCUT2D eigenvalue weighted by atomic mass is 16.5. The van der Waals surface area contributed by atoms with Gasteiger partial charge in [-0.25, -0.2) is 9.97 Å². The third kappa shape index (κ3) is 3.32. The minimum absolute atomic E-state index is 0.326. The molecule has 1 N–H and O–H groups in total. The summed E-state index contributed by atoms with van der Waals surface area (Å²) in [6.45, 7) is 4.84. The Kier molecular flexibility index (Phi) is 4.52. The highest BCUT2D eigenvalue weighted by Crippen LogP contribution is 2.19. The molecule has 1 atom stereocenters. The van der Waals surface area contributed by atoms with Crippen molar-refractivity contribution in [3.8, 4) is 5.82 Å². The normalized spacial score (nSPS) is 12.4. The van der Waals surface area contributed by atoms with Gasteiger partial charge in [-0.3, -0.25) is 4.57 Å². The van der Waals surface area contributed by atoms with Crippen LogP contribution in [-0.4, -0.2) is 34.3 Å². The van der Waals surface area contributed by atoms with E-state index >= 15 is 0 Å². The maximum atomic E-state index is 5.10. The maximum absolute atomic E-state index is 5.10. The molecule has 0 amide bonds. The Morgan fingerprint density at radius 3 is 2.89 bits per heavy atom. The number of anilines is 1. The summed E-state index contributed by atoms with van der Waals surface area (Å²) < 4.78 is 7.08. The lowest BCUT2D eigenvalue weighted by Gasteiger charge is -2.17. The second kappa shape index (κ2) is 6.33. The van der Waals surface area contributed by atoms with Gasteiger partial charge in [0.25, 0.3) is 0 Å². The molecular weight excluding hydrogens is 240 g/mol. The smallest absolute Gasteiger partial charge is 0.161 e. The molecule has 0 aliphatic heterocycles. The van der Waals surface area contributed by atoms with Gasteiger partial charge in [-0.2, -0.15) is 0 Å². The van der Waals surface area contributed by atoms with Gasteiger partial charge in [-0.05, 0) is 32.4 Å². The monoisotopic (exact) mass is 260 g/mol. The second-order valence-electron chi connectivity index (χ2n) is 4.55. The van der Waals surface area contributed by atoms with Crippen LogP contribution in [0.25, 0.3) is 5.82 Å². The van der Waals surface area contributed by atoms with Crippen LogP contribution in [-0.2, 0) is 4.74 Å². The number of nitrogens with zero attached hydrogens (tertiary/aromatic N) is 3. The highest BCUT2D eigenvalue weighted by molar-refractivity contribution is 5.57. The summed E-state index contributed by atoms with van der Waals surface area (Å²) in [4.78, 5) is 8.68. The molecule has 2 aromatic rings. The summed E-state index contributed by atoms with van der Waals surface area (Å²) in [6, 6.07) is 4.29. The van der Waals surface area contributed by atoms with Gasteiger partial charge in [0, 0.05) is 38.3 Å². The van der Waals surface area contributed by atoms with Crippen molar-refractivity contribution < 1.29 is 4.74 Å². The van der Waals surface area contributed by atoms with Crippen molar-refractivity contribution in [2.24, 2.45) is 0 Å². The van der Waals surface area contributed by atoms with Crippen LogP contribution in [0, 0.1) is 6.92 Å². The standard InChI is InChI=1S/C14H20N4O/c1-11(6-10-19-3)17-13-5-4-7-16-14(13)18-9-8-15-12(18)2/h4-5,7-9,11,17H,6,10H2,1-3H3. The first-order chi connectivity index (χ1) is 9.22. The first kappa shape index (κ1) is 13.5. The van der Waals surface area contributed by atoms with E-state index in [4.69, 9.17) is 4.74 Å². The molecule has 0 aliphatic carbocycles. The number of ether oxygens (including phenoxy) is 1. The Morgan fingerprint density at radius 2 is 2.21 bits per heavy atom. The number of rotatable bonds is 6. The van der Waals surface area contributed by atoms with E-state index in [0.29, 0.717) is 6.04 Å². The number of methoxy groups -OCH3 is 1. The predicted molar refractivity (Wildman–Crippen MR) is 75.7 cm³/mol. The molecule has 1 unspecified atom stereocenters. The molecule has 2 rings (SSSR count). The number of aromatic nitrogens is 3. The third-order valence-electron chi connectivity index (χ3n) is 3.00. The zero-order valence-corrected chi connectivity index (χ0v) is 11.6. The SMILES string of the molecule is COCCC(C)Nc1cccnc1-n1ccnc1C. The number of imidazole rings is 1. The fraction of sp³-hybridized carbons (Fsp3) is 0.429. The Labute approximate surface area is 113 Å². The minimum Gasteiger partial charge on any atom is -0.385 e. The van der Waals surface area contributed by atoms with E-state index in [1.807, 2.05) is 29.8 Å². The Balaban J connectivity index is 2.20. The van der Waals surface area contributed by atoms with Crippen molar-refractivity contribution in [2.45, 2.75) is 26.3 Å². The molecule has 0 aliphatic rings. The van der Waals surface area contributed by atoms with Crippen LogP contribution in [0.4, 0.5) is 5.69 Å². The number of aryl methyl sites for hydroxylation is 1. The lowest BCUT2D eigenvalue weighted by molar-refractivity contribution is 0.191. The summed E-state index contributed by atoms with van der Waals surface area (Å²) in [6.07, 6.45) is 6.44. The maximum Gasteiger partial charge on any atom is 0.161 e. The molecule has 0 aromatic carbocycles. The van der Waals surface area contributed by atoms with Crippen molar-refractivity contribution >= 4 is 5.69 Å². The molecule has 5 nitrogen and oxygen atoms in total. The molecule has 0 bridgehead atoms. The third-order valence-corrected chi connectivity index (χ3v) is 3.00. The lowest BCUT2D eigenvalue weighted by Crippen LogP contribution is -2.19. The van der Waals surface area contributed by atoms with Crippen LogP contribution in [0.5, 0.6) is 0 Å². The summed E-state index contributed by atoms with van der Waals surface area (Å²) in [5.74, 6) is 1.80. The van der Waals surface area contributed by atoms with Crippen molar-refractivity contribution in [2.75, 3.05) is 19.0 Å². The van der Waals surface area contributed by atoms with Crippen LogP contribution in [0.2, 0.25) is 0 Å². The van der Waals surface area contributed by atoms with Gasteiger partial charge in [0.1, 0.15) is 5.82 Å². The van der Waals surface area contributed by atoms with Gasteiger partial charge < -0.3 is 10.1 Å². The van der Waals surface area contributed by atoms with Crippen molar-refractivity contribution in [3.05, 3.63) is 36.5 Å². The van der Waals surface area contributed by atoms with E-state index in [1.165, 1.54) is 0 Å². The zero-order valence-electron chi connectivity index (χ0n) is 11.6. The number of nitrogens with one attached hydrogen (secondary N) is 1. The van der Waals surface area contributed by atoms with Crippen LogP contribution >= 0.6 is 0 Å².